The first-order valence-electron chi connectivity index (χ1n) is 19.9. The van der Waals surface area contributed by atoms with Crippen molar-refractivity contribution in [2.24, 2.45) is 23.7 Å². The fourth-order valence-corrected chi connectivity index (χ4v) is 4.78. The average Bonchev–Trinajstić information content (AvgIpc) is 3.60. The van der Waals surface area contributed by atoms with Gasteiger partial charge in [0.1, 0.15) is 5.76 Å². The van der Waals surface area contributed by atoms with Gasteiger partial charge < -0.3 is 34.7 Å². The number of hydrogen-bond acceptors (Lipinski definition) is 9. The molecule has 0 radical (unpaired) electrons. The second kappa shape index (κ2) is 33.7. The molecule has 0 saturated carbocycles. The van der Waals surface area contributed by atoms with Crippen molar-refractivity contribution in [1.82, 2.24) is 20.9 Å². The van der Waals surface area contributed by atoms with Crippen LogP contribution in [-0.2, 0) is 44.8 Å². The Kier molecular flexibility index (Phi) is 32.5. The third-order valence-electron chi connectivity index (χ3n) is 7.25. The second-order valence-corrected chi connectivity index (χ2v) is 14.9. The van der Waals surface area contributed by atoms with Crippen LogP contribution in [0.15, 0.2) is 22.8 Å². The number of carbonyl (C=O) groups is 6. The van der Waals surface area contributed by atoms with E-state index in [1.165, 1.54) is 19.3 Å². The lowest BCUT2D eigenvalue weighted by molar-refractivity contribution is -0.144. The van der Waals surface area contributed by atoms with Gasteiger partial charge in [0.2, 0.25) is 23.6 Å². The van der Waals surface area contributed by atoms with Gasteiger partial charge in [-0.2, -0.15) is 0 Å². The highest BCUT2D eigenvalue weighted by molar-refractivity contribution is 5.78. The highest BCUT2D eigenvalue weighted by Gasteiger charge is 2.16. The first-order valence-corrected chi connectivity index (χ1v) is 19.9. The zero-order valence-electron chi connectivity index (χ0n) is 35.2. The molecule has 13 nitrogen and oxygen atoms in total. The predicted octanol–water partition coefficient (Wildman–Crippen LogP) is 6.58. The Morgan fingerprint density at radius 2 is 1.11 bits per heavy atom. The Labute approximate surface area is 325 Å². The summed E-state index contributed by atoms with van der Waals surface area (Å²) in [6.07, 6.45) is 8.89. The lowest BCUT2D eigenvalue weighted by atomic mass is 10.1. The predicted molar refractivity (Wildman–Crippen MR) is 212 cm³/mol. The van der Waals surface area contributed by atoms with Crippen LogP contribution in [0.1, 0.15) is 139 Å². The van der Waals surface area contributed by atoms with Gasteiger partial charge in [-0.05, 0) is 75.3 Å². The summed E-state index contributed by atoms with van der Waals surface area (Å²) in [7, 11) is 0. The monoisotopic (exact) mass is 767 g/mol. The van der Waals surface area contributed by atoms with E-state index in [1.54, 1.807) is 20.1 Å². The number of rotatable bonds is 19. The van der Waals surface area contributed by atoms with Crippen molar-refractivity contribution in [1.29, 1.82) is 0 Å². The molecule has 0 aromatic carbocycles. The summed E-state index contributed by atoms with van der Waals surface area (Å²) < 4.78 is 14.6. The van der Waals surface area contributed by atoms with E-state index < -0.39 is 0 Å². The third kappa shape index (κ3) is 35.1. The molecular formula is C41H74N4O9. The number of hydrogen-bond donors (Lipinski definition) is 3. The molecule has 2 heterocycles. The van der Waals surface area contributed by atoms with Crippen LogP contribution in [0.3, 0.4) is 0 Å². The molecule has 1 aliphatic heterocycles. The molecule has 3 N–H and O–H groups in total. The van der Waals surface area contributed by atoms with Crippen LogP contribution in [-0.4, -0.2) is 79.9 Å². The molecule has 4 amide bonds. The van der Waals surface area contributed by atoms with Gasteiger partial charge in [-0.3, -0.25) is 28.8 Å². The van der Waals surface area contributed by atoms with Gasteiger partial charge in [-0.1, -0.05) is 55.4 Å². The van der Waals surface area contributed by atoms with E-state index in [2.05, 4.69) is 29.8 Å². The van der Waals surface area contributed by atoms with Crippen molar-refractivity contribution in [2.75, 3.05) is 39.4 Å². The Hall–Kier alpha value is -3.90. The summed E-state index contributed by atoms with van der Waals surface area (Å²) in [5.41, 5.74) is 0. The molecule has 0 bridgehead atoms. The molecule has 2 rings (SSSR count). The zero-order chi connectivity index (χ0) is 41.3. The summed E-state index contributed by atoms with van der Waals surface area (Å²) in [4.78, 5) is 68.9. The van der Waals surface area contributed by atoms with E-state index in [0.717, 1.165) is 25.3 Å². The fourth-order valence-electron chi connectivity index (χ4n) is 4.78. The molecule has 0 atom stereocenters. The smallest absolute Gasteiger partial charge is 0.307 e. The number of furan rings is 1. The van der Waals surface area contributed by atoms with Gasteiger partial charge >= 0.3 is 11.9 Å². The van der Waals surface area contributed by atoms with Gasteiger partial charge in [0.25, 0.3) is 0 Å². The summed E-state index contributed by atoms with van der Waals surface area (Å²) in [6.45, 7) is 23.9. The van der Waals surface area contributed by atoms with Crippen molar-refractivity contribution in [3.63, 3.8) is 0 Å². The first kappa shape index (κ1) is 52.2. The van der Waals surface area contributed by atoms with E-state index in [-0.39, 0.29) is 36.1 Å². The number of nitrogens with zero attached hydrogens (tertiary/aromatic N) is 1. The number of likely N-dealkylation sites (tertiary alicyclic amines) is 1. The highest BCUT2D eigenvalue weighted by Crippen LogP contribution is 2.12. The quantitative estimate of drug-likeness (QED) is 0.104. The number of amides is 4. The van der Waals surface area contributed by atoms with Gasteiger partial charge in [0, 0.05) is 58.3 Å². The van der Waals surface area contributed by atoms with Gasteiger partial charge in [0.05, 0.1) is 32.4 Å². The molecule has 13 heteroatoms. The van der Waals surface area contributed by atoms with Crippen LogP contribution >= 0.6 is 0 Å². The van der Waals surface area contributed by atoms with E-state index in [4.69, 9.17) is 13.9 Å². The maximum Gasteiger partial charge on any atom is 0.307 e. The number of esters is 2. The van der Waals surface area contributed by atoms with E-state index >= 15 is 0 Å². The molecule has 1 aliphatic rings. The molecular weight excluding hydrogens is 692 g/mol. The zero-order valence-corrected chi connectivity index (χ0v) is 35.2. The molecule has 1 saturated heterocycles. The Bertz CT molecular complexity index is 1150. The average molecular weight is 767 g/mol. The lowest BCUT2D eigenvalue weighted by Gasteiger charge is -2.27. The number of piperidine rings is 1. The number of ether oxygens (including phenoxy) is 2. The minimum Gasteiger partial charge on any atom is -0.467 e. The van der Waals surface area contributed by atoms with Crippen molar-refractivity contribution in [3.8, 4) is 0 Å². The fraction of sp³-hybridized carbons (Fsp3) is 0.756. The molecule has 0 spiro atoms. The minimum atomic E-state index is -0.266. The summed E-state index contributed by atoms with van der Waals surface area (Å²) in [6, 6.07) is 3.65. The molecule has 0 aliphatic carbocycles. The number of carbonyl (C=O) groups excluding carboxylic acids is 6. The molecule has 1 aromatic rings. The molecule has 312 valence electrons. The summed E-state index contributed by atoms with van der Waals surface area (Å²) in [5.74, 6) is 2.41. The van der Waals surface area contributed by atoms with Crippen molar-refractivity contribution >= 4 is 35.6 Å². The topological polar surface area (TPSA) is 173 Å². The van der Waals surface area contributed by atoms with Crippen molar-refractivity contribution in [2.45, 2.75) is 140 Å². The van der Waals surface area contributed by atoms with E-state index in [9.17, 15) is 28.8 Å². The second-order valence-electron chi connectivity index (χ2n) is 14.9. The minimum absolute atomic E-state index is 0.00991. The van der Waals surface area contributed by atoms with Crippen LogP contribution in [0, 0.1) is 23.7 Å². The van der Waals surface area contributed by atoms with Crippen LogP contribution in [0.5, 0.6) is 0 Å². The molecule has 0 unspecified atom stereocenters. The van der Waals surface area contributed by atoms with Gasteiger partial charge in [0.15, 0.2) is 0 Å². The maximum absolute atomic E-state index is 11.5. The molecule has 1 fully saturated rings. The van der Waals surface area contributed by atoms with Crippen LogP contribution in [0.2, 0.25) is 0 Å². The Morgan fingerprint density at radius 3 is 1.56 bits per heavy atom. The summed E-state index contributed by atoms with van der Waals surface area (Å²) >= 11 is 0. The van der Waals surface area contributed by atoms with Gasteiger partial charge in [-0.15, -0.1) is 0 Å². The van der Waals surface area contributed by atoms with Crippen molar-refractivity contribution < 1.29 is 42.7 Å². The normalized spacial score (nSPS) is 12.0. The standard InChI is InChI=1S/C11H21NO3.C10H19NO3.C10H15NO2.C10H19NO/c1-4-15-11(14)6-5-7-12-10(13)8-9(2)3;1-4-14-10(13)5-6-11-9(12)7-8(2)3;1-8(2)6-10(12)11-7-9-4-3-5-13-9;1-9(2)8-10(12)11-6-4-3-5-7-11/h9H,4-8H2,1-3H3,(H,12,13);8H,4-7H2,1-3H3,(H,11,12);3-5,8H,6-7H2,1-2H3,(H,11,12);9H,3-8H2,1-2H3. The summed E-state index contributed by atoms with van der Waals surface area (Å²) in [5, 5.41) is 8.21. The van der Waals surface area contributed by atoms with E-state index in [0.29, 0.717) is 94.5 Å². The van der Waals surface area contributed by atoms with Gasteiger partial charge in [-0.25, -0.2) is 0 Å². The Morgan fingerprint density at radius 1 is 0.648 bits per heavy atom. The van der Waals surface area contributed by atoms with Crippen molar-refractivity contribution in [3.05, 3.63) is 24.2 Å². The van der Waals surface area contributed by atoms with Crippen LogP contribution in [0.4, 0.5) is 0 Å². The third-order valence-corrected chi connectivity index (χ3v) is 7.25. The molecule has 54 heavy (non-hydrogen) atoms. The largest absolute Gasteiger partial charge is 0.467 e. The number of nitrogens with one attached hydrogen (secondary N) is 3. The van der Waals surface area contributed by atoms with Crippen LogP contribution in [0.25, 0.3) is 0 Å². The highest BCUT2D eigenvalue weighted by atomic mass is 16.5. The van der Waals surface area contributed by atoms with Crippen LogP contribution < -0.4 is 16.0 Å². The molecule has 1 aromatic heterocycles. The lowest BCUT2D eigenvalue weighted by Crippen LogP contribution is -2.36. The SMILES string of the molecule is CC(C)CC(=O)N1CCCCC1.CC(C)CC(=O)NCc1ccco1.CCOC(=O)CCCNC(=O)CC(C)C.CCOC(=O)CCNC(=O)CC(C)C. The Balaban J connectivity index is 0. The van der Waals surface area contributed by atoms with E-state index in [1.807, 2.05) is 58.6 Å². The first-order chi connectivity index (χ1) is 25.5. The maximum atomic E-state index is 11.5.